The monoisotopic (exact) mass is 411 g/mol. The summed E-state index contributed by atoms with van der Waals surface area (Å²) in [5.41, 5.74) is 2.29. The molecule has 0 amide bonds. The van der Waals surface area contributed by atoms with Crippen molar-refractivity contribution < 1.29 is 4.74 Å². The molecule has 0 spiro atoms. The Morgan fingerprint density at radius 1 is 1.05 bits per heavy atom. The minimum absolute atomic E-state index is 0.529. The van der Waals surface area contributed by atoms with E-state index in [1.807, 2.05) is 24.3 Å². The van der Waals surface area contributed by atoms with E-state index in [0.29, 0.717) is 5.92 Å². The summed E-state index contributed by atoms with van der Waals surface area (Å²) in [6.07, 6.45) is 0. The van der Waals surface area contributed by atoms with Crippen molar-refractivity contribution in [1.82, 2.24) is 0 Å². The van der Waals surface area contributed by atoms with Gasteiger partial charge in [0.2, 0.25) is 0 Å². The summed E-state index contributed by atoms with van der Waals surface area (Å²) >= 11 is 7.00. The molecule has 0 saturated heterocycles. The number of hydrogen-bond donors (Lipinski definition) is 1. The first-order valence-corrected chi connectivity index (χ1v) is 8.54. The third-order valence-electron chi connectivity index (χ3n) is 2.90. The van der Waals surface area contributed by atoms with Crippen LogP contribution >= 0.6 is 31.9 Å². The Balaban J connectivity index is 1.96. The maximum atomic E-state index is 5.74. The van der Waals surface area contributed by atoms with E-state index in [1.54, 1.807) is 0 Å². The van der Waals surface area contributed by atoms with Crippen LogP contribution in [0.4, 0.5) is 5.69 Å². The first-order chi connectivity index (χ1) is 10.0. The number of rotatable bonds is 6. The molecule has 0 radical (unpaired) electrons. The van der Waals surface area contributed by atoms with Gasteiger partial charge in [0, 0.05) is 27.2 Å². The fourth-order valence-corrected chi connectivity index (χ4v) is 2.49. The maximum absolute atomic E-state index is 5.74. The van der Waals surface area contributed by atoms with E-state index in [2.05, 4.69) is 69.2 Å². The van der Waals surface area contributed by atoms with E-state index >= 15 is 0 Å². The van der Waals surface area contributed by atoms with Crippen molar-refractivity contribution in [3.8, 4) is 5.75 Å². The average molecular weight is 413 g/mol. The van der Waals surface area contributed by atoms with Crippen molar-refractivity contribution in [2.75, 3.05) is 11.9 Å². The molecule has 21 heavy (non-hydrogen) atoms. The Hall–Kier alpha value is -1.000. The molecule has 0 heterocycles. The Morgan fingerprint density at radius 2 is 1.86 bits per heavy atom. The fourth-order valence-electron chi connectivity index (χ4n) is 1.81. The lowest BCUT2D eigenvalue weighted by molar-refractivity contribution is 0.271. The summed E-state index contributed by atoms with van der Waals surface area (Å²) in [6.45, 7) is 5.81. The summed E-state index contributed by atoms with van der Waals surface area (Å²) in [5.74, 6) is 1.44. The molecule has 0 aliphatic heterocycles. The van der Waals surface area contributed by atoms with Crippen molar-refractivity contribution >= 4 is 37.5 Å². The molecule has 4 heteroatoms. The van der Waals surface area contributed by atoms with Crippen LogP contribution in [0, 0.1) is 5.92 Å². The number of benzene rings is 2. The summed E-state index contributed by atoms with van der Waals surface area (Å²) in [5, 5.41) is 3.42. The second-order valence-corrected chi connectivity index (χ2v) is 7.04. The van der Waals surface area contributed by atoms with Gasteiger partial charge in [-0.1, -0.05) is 26.0 Å². The zero-order valence-corrected chi connectivity index (χ0v) is 15.4. The molecule has 2 aromatic carbocycles. The lowest BCUT2D eigenvalue weighted by Gasteiger charge is -2.11. The number of ether oxygens (including phenoxy) is 1. The van der Waals surface area contributed by atoms with Crippen LogP contribution in [0.5, 0.6) is 5.75 Å². The predicted molar refractivity (Wildman–Crippen MR) is 95.9 cm³/mol. The normalized spacial score (nSPS) is 10.7. The van der Waals surface area contributed by atoms with Gasteiger partial charge in [0.05, 0.1) is 6.61 Å². The van der Waals surface area contributed by atoms with Crippen LogP contribution in [-0.2, 0) is 6.54 Å². The van der Waals surface area contributed by atoms with Crippen LogP contribution in [0.25, 0.3) is 0 Å². The lowest BCUT2D eigenvalue weighted by Crippen LogP contribution is -2.05. The molecular weight excluding hydrogens is 394 g/mol. The molecule has 112 valence electrons. The molecule has 1 N–H and O–H groups in total. The molecule has 0 aliphatic carbocycles. The van der Waals surface area contributed by atoms with Gasteiger partial charge in [-0.15, -0.1) is 0 Å². The molecule has 0 unspecified atom stereocenters. The lowest BCUT2D eigenvalue weighted by atomic mass is 10.2. The van der Waals surface area contributed by atoms with Gasteiger partial charge in [0.25, 0.3) is 0 Å². The zero-order chi connectivity index (χ0) is 15.2. The first-order valence-electron chi connectivity index (χ1n) is 6.95. The molecule has 2 rings (SSSR count). The third-order valence-corrected chi connectivity index (χ3v) is 4.78. The highest BCUT2D eigenvalue weighted by atomic mass is 79.9. The molecule has 0 aliphatic rings. The van der Waals surface area contributed by atoms with Crippen LogP contribution in [0.3, 0.4) is 0 Å². The van der Waals surface area contributed by atoms with Gasteiger partial charge in [-0.25, -0.2) is 0 Å². The van der Waals surface area contributed by atoms with E-state index < -0.39 is 0 Å². The third kappa shape index (κ3) is 5.36. The van der Waals surface area contributed by atoms with E-state index in [4.69, 9.17) is 4.74 Å². The molecule has 2 aromatic rings. The number of anilines is 1. The van der Waals surface area contributed by atoms with Crippen LogP contribution < -0.4 is 10.1 Å². The molecule has 2 nitrogen and oxygen atoms in total. The topological polar surface area (TPSA) is 21.3 Å². The standard InChI is InChI=1S/C17H19Br2NO/c1-12(2)11-21-15-5-3-4-14(9-15)20-10-13-6-7-16(18)17(19)8-13/h3-9,12,20H,10-11H2,1-2H3. The first kappa shape index (κ1) is 16.4. The minimum Gasteiger partial charge on any atom is -0.493 e. The summed E-state index contributed by atoms with van der Waals surface area (Å²) in [4.78, 5) is 0. The highest BCUT2D eigenvalue weighted by Crippen LogP contribution is 2.24. The van der Waals surface area contributed by atoms with Gasteiger partial charge in [-0.2, -0.15) is 0 Å². The van der Waals surface area contributed by atoms with Gasteiger partial charge in [0.15, 0.2) is 0 Å². The van der Waals surface area contributed by atoms with Crippen molar-refractivity contribution in [1.29, 1.82) is 0 Å². The highest BCUT2D eigenvalue weighted by Gasteiger charge is 2.01. The second kappa shape index (κ2) is 7.85. The SMILES string of the molecule is CC(C)COc1cccc(NCc2ccc(Br)c(Br)c2)c1. The average Bonchev–Trinajstić information content (AvgIpc) is 2.47. The summed E-state index contributed by atoms with van der Waals surface area (Å²) in [6, 6.07) is 14.3. The minimum atomic E-state index is 0.529. The van der Waals surface area contributed by atoms with E-state index in [9.17, 15) is 0 Å². The van der Waals surface area contributed by atoms with Gasteiger partial charge in [-0.05, 0) is 67.6 Å². The van der Waals surface area contributed by atoms with Gasteiger partial charge in [0.1, 0.15) is 5.75 Å². The van der Waals surface area contributed by atoms with Crippen LogP contribution in [0.2, 0.25) is 0 Å². The van der Waals surface area contributed by atoms with Crippen LogP contribution in [-0.4, -0.2) is 6.61 Å². The van der Waals surface area contributed by atoms with Crippen molar-refractivity contribution in [3.05, 3.63) is 57.0 Å². The molecular formula is C17H19Br2NO. The molecule has 0 aromatic heterocycles. The number of nitrogens with one attached hydrogen (secondary N) is 1. The fraction of sp³-hybridized carbons (Fsp3) is 0.294. The Morgan fingerprint density at radius 3 is 2.57 bits per heavy atom. The predicted octanol–water partition coefficient (Wildman–Crippen LogP) is 5.86. The molecule has 0 saturated carbocycles. The quantitative estimate of drug-likeness (QED) is 0.641. The van der Waals surface area contributed by atoms with Crippen LogP contribution in [0.1, 0.15) is 19.4 Å². The molecule has 0 atom stereocenters. The summed E-state index contributed by atoms with van der Waals surface area (Å²) < 4.78 is 7.87. The number of hydrogen-bond acceptors (Lipinski definition) is 2. The number of halogens is 2. The van der Waals surface area contributed by atoms with Crippen LogP contribution in [0.15, 0.2) is 51.4 Å². The van der Waals surface area contributed by atoms with E-state index in [1.165, 1.54) is 5.56 Å². The second-order valence-electron chi connectivity index (χ2n) is 5.33. The molecule has 0 fully saturated rings. The van der Waals surface area contributed by atoms with Gasteiger partial charge >= 0.3 is 0 Å². The van der Waals surface area contributed by atoms with E-state index in [-0.39, 0.29) is 0 Å². The Kier molecular flexibility index (Phi) is 6.12. The zero-order valence-electron chi connectivity index (χ0n) is 12.2. The van der Waals surface area contributed by atoms with Crippen molar-refractivity contribution in [2.24, 2.45) is 5.92 Å². The molecule has 0 bridgehead atoms. The Bertz CT molecular complexity index is 599. The van der Waals surface area contributed by atoms with Gasteiger partial charge < -0.3 is 10.1 Å². The highest BCUT2D eigenvalue weighted by molar-refractivity contribution is 9.13. The smallest absolute Gasteiger partial charge is 0.121 e. The maximum Gasteiger partial charge on any atom is 0.121 e. The Labute approximate surface area is 143 Å². The van der Waals surface area contributed by atoms with Gasteiger partial charge in [-0.3, -0.25) is 0 Å². The van der Waals surface area contributed by atoms with Crippen molar-refractivity contribution in [3.63, 3.8) is 0 Å². The van der Waals surface area contributed by atoms with Crippen molar-refractivity contribution in [2.45, 2.75) is 20.4 Å². The largest absolute Gasteiger partial charge is 0.493 e. The summed E-state index contributed by atoms with van der Waals surface area (Å²) in [7, 11) is 0. The van der Waals surface area contributed by atoms with E-state index in [0.717, 1.165) is 33.5 Å².